The molecular weight excluding hydrogens is 206 g/mol. The lowest BCUT2D eigenvalue weighted by molar-refractivity contribution is -0.111. The number of rotatable bonds is 3. The third kappa shape index (κ3) is 2.60. The largest absolute Gasteiger partial charge is 0.462 e. The van der Waals surface area contributed by atoms with E-state index in [1.807, 2.05) is 13.0 Å². The summed E-state index contributed by atoms with van der Waals surface area (Å²) < 4.78 is 5.28. The number of aromatic amines is 1. The molecule has 16 heavy (non-hydrogen) atoms. The quantitative estimate of drug-likeness (QED) is 0.772. The SMILES string of the molecule is Cc1ccc(C=CC(=O)Nc2ccn[nH]2)o1. The lowest BCUT2D eigenvalue weighted by atomic mass is 10.4. The van der Waals surface area contributed by atoms with Crippen LogP contribution in [0.15, 0.2) is 34.9 Å². The van der Waals surface area contributed by atoms with E-state index in [1.165, 1.54) is 6.08 Å². The Morgan fingerprint density at radius 3 is 3.00 bits per heavy atom. The van der Waals surface area contributed by atoms with E-state index in [4.69, 9.17) is 4.42 Å². The standard InChI is InChI=1S/C11H11N3O2/c1-8-2-3-9(16-8)4-5-11(15)13-10-6-7-12-14-10/h2-7H,1H3,(H2,12,13,14,15). The van der Waals surface area contributed by atoms with Gasteiger partial charge in [-0.3, -0.25) is 9.89 Å². The molecule has 0 aromatic carbocycles. The number of carbonyl (C=O) groups excluding carboxylic acids is 1. The number of aromatic nitrogens is 2. The maximum Gasteiger partial charge on any atom is 0.249 e. The molecule has 0 aliphatic carbocycles. The number of H-pyrrole nitrogens is 1. The molecule has 2 N–H and O–H groups in total. The molecule has 2 aromatic heterocycles. The van der Waals surface area contributed by atoms with E-state index in [9.17, 15) is 4.79 Å². The molecule has 2 aromatic rings. The number of nitrogens with zero attached hydrogens (tertiary/aromatic N) is 1. The van der Waals surface area contributed by atoms with Gasteiger partial charge in [0.25, 0.3) is 0 Å². The van der Waals surface area contributed by atoms with E-state index < -0.39 is 0 Å². The molecule has 2 rings (SSSR count). The number of aryl methyl sites for hydroxylation is 1. The van der Waals surface area contributed by atoms with Crippen molar-refractivity contribution in [2.24, 2.45) is 0 Å². The van der Waals surface area contributed by atoms with Gasteiger partial charge in [0.15, 0.2) is 0 Å². The minimum Gasteiger partial charge on any atom is -0.462 e. The zero-order chi connectivity index (χ0) is 11.4. The number of anilines is 1. The number of hydrogen-bond donors (Lipinski definition) is 2. The van der Waals surface area contributed by atoms with Crippen LogP contribution in [0.25, 0.3) is 6.08 Å². The molecule has 0 aliphatic rings. The number of furan rings is 1. The predicted molar refractivity (Wildman–Crippen MR) is 59.7 cm³/mol. The van der Waals surface area contributed by atoms with Gasteiger partial charge in [-0.2, -0.15) is 5.10 Å². The number of carbonyl (C=O) groups is 1. The first-order chi connectivity index (χ1) is 7.74. The first-order valence-electron chi connectivity index (χ1n) is 4.79. The highest BCUT2D eigenvalue weighted by Gasteiger charge is 1.99. The van der Waals surface area contributed by atoms with E-state index in [-0.39, 0.29) is 5.91 Å². The van der Waals surface area contributed by atoms with Gasteiger partial charge in [-0.1, -0.05) is 0 Å². The molecule has 0 saturated carbocycles. The lowest BCUT2D eigenvalue weighted by Gasteiger charge is -1.95. The average Bonchev–Trinajstić information content (AvgIpc) is 2.87. The van der Waals surface area contributed by atoms with Crippen LogP contribution in [-0.4, -0.2) is 16.1 Å². The zero-order valence-electron chi connectivity index (χ0n) is 8.73. The molecule has 0 atom stereocenters. The van der Waals surface area contributed by atoms with E-state index in [0.29, 0.717) is 11.6 Å². The molecule has 0 saturated heterocycles. The topological polar surface area (TPSA) is 70.9 Å². The average molecular weight is 217 g/mol. The van der Waals surface area contributed by atoms with Crippen molar-refractivity contribution in [2.45, 2.75) is 6.92 Å². The number of nitrogens with one attached hydrogen (secondary N) is 2. The summed E-state index contributed by atoms with van der Waals surface area (Å²) in [6.07, 6.45) is 4.58. The molecule has 2 heterocycles. The molecule has 0 bridgehead atoms. The molecule has 0 spiro atoms. The van der Waals surface area contributed by atoms with E-state index in [0.717, 1.165) is 5.76 Å². The van der Waals surface area contributed by atoms with Crippen LogP contribution < -0.4 is 5.32 Å². The lowest BCUT2D eigenvalue weighted by Crippen LogP contribution is -2.07. The Hall–Kier alpha value is -2.30. The number of hydrogen-bond acceptors (Lipinski definition) is 3. The fourth-order valence-electron chi connectivity index (χ4n) is 1.20. The van der Waals surface area contributed by atoms with Gasteiger partial charge < -0.3 is 9.73 Å². The van der Waals surface area contributed by atoms with Crippen molar-refractivity contribution >= 4 is 17.8 Å². The molecule has 0 radical (unpaired) electrons. The summed E-state index contributed by atoms with van der Waals surface area (Å²) in [5, 5.41) is 8.96. The van der Waals surface area contributed by atoms with Crippen LogP contribution in [0.2, 0.25) is 0 Å². The summed E-state index contributed by atoms with van der Waals surface area (Å²) in [5.74, 6) is 1.79. The Morgan fingerprint density at radius 2 is 2.38 bits per heavy atom. The van der Waals surface area contributed by atoms with Crippen LogP contribution in [0.1, 0.15) is 11.5 Å². The van der Waals surface area contributed by atoms with Gasteiger partial charge in [0.1, 0.15) is 17.3 Å². The van der Waals surface area contributed by atoms with E-state index in [1.54, 1.807) is 24.4 Å². The number of amides is 1. The van der Waals surface area contributed by atoms with E-state index in [2.05, 4.69) is 15.5 Å². The van der Waals surface area contributed by atoms with Crippen molar-refractivity contribution in [1.82, 2.24) is 10.2 Å². The first kappa shape index (κ1) is 10.2. The third-order valence-electron chi connectivity index (χ3n) is 1.92. The van der Waals surface area contributed by atoms with Gasteiger partial charge in [0, 0.05) is 12.1 Å². The normalized spacial score (nSPS) is 10.8. The van der Waals surface area contributed by atoms with Crippen molar-refractivity contribution in [2.75, 3.05) is 5.32 Å². The Kier molecular flexibility index (Phi) is 2.86. The second-order valence-corrected chi connectivity index (χ2v) is 3.24. The maximum absolute atomic E-state index is 11.4. The molecule has 0 fully saturated rings. The zero-order valence-corrected chi connectivity index (χ0v) is 8.73. The minimum absolute atomic E-state index is 0.238. The van der Waals surface area contributed by atoms with Crippen LogP contribution in [0.5, 0.6) is 0 Å². The van der Waals surface area contributed by atoms with Gasteiger partial charge in [-0.15, -0.1) is 0 Å². The van der Waals surface area contributed by atoms with Crippen LogP contribution >= 0.6 is 0 Å². The second kappa shape index (κ2) is 4.48. The molecule has 5 heteroatoms. The molecule has 1 amide bonds. The maximum atomic E-state index is 11.4. The van der Waals surface area contributed by atoms with Crippen molar-refractivity contribution in [3.8, 4) is 0 Å². The van der Waals surface area contributed by atoms with Crippen LogP contribution in [0, 0.1) is 6.92 Å². The molecule has 82 valence electrons. The fourth-order valence-corrected chi connectivity index (χ4v) is 1.20. The molecule has 5 nitrogen and oxygen atoms in total. The third-order valence-corrected chi connectivity index (χ3v) is 1.92. The van der Waals surface area contributed by atoms with Crippen molar-refractivity contribution in [3.63, 3.8) is 0 Å². The summed E-state index contributed by atoms with van der Waals surface area (Å²) in [7, 11) is 0. The van der Waals surface area contributed by atoms with Crippen LogP contribution in [0.4, 0.5) is 5.82 Å². The smallest absolute Gasteiger partial charge is 0.249 e. The van der Waals surface area contributed by atoms with Crippen molar-refractivity contribution in [1.29, 1.82) is 0 Å². The van der Waals surface area contributed by atoms with Crippen LogP contribution in [-0.2, 0) is 4.79 Å². The minimum atomic E-state index is -0.238. The summed E-state index contributed by atoms with van der Waals surface area (Å²) in [6.45, 7) is 1.85. The Labute approximate surface area is 92.2 Å². The summed E-state index contributed by atoms with van der Waals surface area (Å²) in [6, 6.07) is 5.31. The van der Waals surface area contributed by atoms with Crippen molar-refractivity contribution < 1.29 is 9.21 Å². The molecular formula is C11H11N3O2. The highest BCUT2D eigenvalue weighted by Crippen LogP contribution is 2.08. The van der Waals surface area contributed by atoms with Gasteiger partial charge in [-0.25, -0.2) is 0 Å². The first-order valence-corrected chi connectivity index (χ1v) is 4.79. The second-order valence-electron chi connectivity index (χ2n) is 3.24. The van der Waals surface area contributed by atoms with E-state index >= 15 is 0 Å². The Morgan fingerprint density at radius 1 is 1.50 bits per heavy atom. The summed E-state index contributed by atoms with van der Waals surface area (Å²) in [4.78, 5) is 11.4. The molecule has 0 unspecified atom stereocenters. The van der Waals surface area contributed by atoms with Gasteiger partial charge in [0.05, 0.1) is 6.20 Å². The Balaban J connectivity index is 1.94. The summed E-state index contributed by atoms with van der Waals surface area (Å²) in [5.41, 5.74) is 0. The highest BCUT2D eigenvalue weighted by molar-refractivity contribution is 6.01. The fraction of sp³-hybridized carbons (Fsp3) is 0.0909. The van der Waals surface area contributed by atoms with Crippen molar-refractivity contribution in [3.05, 3.63) is 42.0 Å². The van der Waals surface area contributed by atoms with Gasteiger partial charge in [0.2, 0.25) is 5.91 Å². The predicted octanol–water partition coefficient (Wildman–Crippen LogP) is 1.96. The van der Waals surface area contributed by atoms with Gasteiger partial charge >= 0.3 is 0 Å². The summed E-state index contributed by atoms with van der Waals surface area (Å²) >= 11 is 0. The monoisotopic (exact) mass is 217 g/mol. The van der Waals surface area contributed by atoms with Gasteiger partial charge in [-0.05, 0) is 25.1 Å². The van der Waals surface area contributed by atoms with Crippen LogP contribution in [0.3, 0.4) is 0 Å². The Bertz CT molecular complexity index is 497. The molecule has 0 aliphatic heterocycles. The highest BCUT2D eigenvalue weighted by atomic mass is 16.3.